The van der Waals surface area contributed by atoms with Crippen LogP contribution in [0, 0.1) is 0 Å². The summed E-state index contributed by atoms with van der Waals surface area (Å²) in [5.74, 6) is 0.718. The van der Waals surface area contributed by atoms with Crippen molar-refractivity contribution in [1.82, 2.24) is 10.2 Å². The summed E-state index contributed by atoms with van der Waals surface area (Å²) in [5.41, 5.74) is 1.56. The van der Waals surface area contributed by atoms with Gasteiger partial charge in [-0.05, 0) is 24.5 Å². The molecule has 0 saturated heterocycles. The highest BCUT2D eigenvalue weighted by Gasteiger charge is 2.21. The maximum atomic E-state index is 12.3. The predicted octanol–water partition coefficient (Wildman–Crippen LogP) is 3.04. The maximum Gasteiger partial charge on any atom is 0.230 e. The van der Waals surface area contributed by atoms with Crippen molar-refractivity contribution in [3.05, 3.63) is 41.6 Å². The first-order valence-corrected chi connectivity index (χ1v) is 10.3. The Morgan fingerprint density at radius 2 is 2.00 bits per heavy atom. The van der Waals surface area contributed by atoms with Gasteiger partial charge in [-0.15, -0.1) is 0 Å². The van der Waals surface area contributed by atoms with Crippen molar-refractivity contribution in [2.45, 2.75) is 49.8 Å². The number of aromatic amines is 1. The van der Waals surface area contributed by atoms with E-state index in [2.05, 4.69) is 15.5 Å². The molecular formula is C18H23N3O3S. The topological polar surface area (TPSA) is 91.9 Å². The molecular weight excluding hydrogens is 338 g/mol. The third-order valence-corrected chi connectivity index (χ3v) is 6.53. The van der Waals surface area contributed by atoms with Crippen molar-refractivity contribution in [3.63, 3.8) is 0 Å². The molecule has 1 amide bonds. The highest BCUT2D eigenvalue weighted by molar-refractivity contribution is 7.91. The van der Waals surface area contributed by atoms with E-state index in [0.29, 0.717) is 17.3 Å². The Kier molecular flexibility index (Phi) is 5.22. The lowest BCUT2D eigenvalue weighted by molar-refractivity contribution is -0.115. The van der Waals surface area contributed by atoms with Gasteiger partial charge in [-0.3, -0.25) is 9.89 Å². The number of amides is 1. The lowest BCUT2D eigenvalue weighted by Gasteiger charge is -2.09. The molecule has 3 rings (SSSR count). The van der Waals surface area contributed by atoms with Crippen LogP contribution in [0.4, 0.5) is 5.82 Å². The number of carbonyl (C=O) groups excluding carboxylic acids is 1. The monoisotopic (exact) mass is 361 g/mol. The van der Waals surface area contributed by atoms with Gasteiger partial charge in [0.25, 0.3) is 0 Å². The van der Waals surface area contributed by atoms with E-state index in [4.69, 9.17) is 0 Å². The molecule has 0 radical (unpaired) electrons. The molecule has 1 aliphatic carbocycles. The van der Waals surface area contributed by atoms with Crippen LogP contribution in [-0.4, -0.2) is 30.3 Å². The molecule has 0 spiro atoms. The minimum atomic E-state index is -3.36. The van der Waals surface area contributed by atoms with E-state index >= 15 is 0 Å². The van der Waals surface area contributed by atoms with Crippen LogP contribution in [-0.2, 0) is 21.1 Å². The van der Waals surface area contributed by atoms with Gasteiger partial charge in [0.1, 0.15) is 0 Å². The zero-order valence-electron chi connectivity index (χ0n) is 14.3. The molecule has 1 saturated carbocycles. The van der Waals surface area contributed by atoms with E-state index in [1.54, 1.807) is 31.2 Å². The molecule has 2 aromatic rings. The molecule has 2 N–H and O–H groups in total. The van der Waals surface area contributed by atoms with Crippen LogP contribution in [0.3, 0.4) is 0 Å². The van der Waals surface area contributed by atoms with E-state index in [1.807, 2.05) is 6.07 Å². The van der Waals surface area contributed by atoms with Crippen molar-refractivity contribution in [1.29, 1.82) is 0 Å². The summed E-state index contributed by atoms with van der Waals surface area (Å²) in [6.45, 7) is 1.60. The van der Waals surface area contributed by atoms with E-state index in [1.165, 1.54) is 12.8 Å². The molecule has 0 bridgehead atoms. The number of hydrogen-bond acceptors (Lipinski definition) is 4. The fourth-order valence-electron chi connectivity index (χ4n) is 3.32. The minimum Gasteiger partial charge on any atom is -0.309 e. The summed E-state index contributed by atoms with van der Waals surface area (Å²) in [6, 6.07) is 8.52. The summed E-state index contributed by atoms with van der Waals surface area (Å²) in [4.78, 5) is 12.5. The Morgan fingerprint density at radius 3 is 2.72 bits per heavy atom. The summed E-state index contributed by atoms with van der Waals surface area (Å²) in [6.07, 6.45) is 4.76. The van der Waals surface area contributed by atoms with Crippen molar-refractivity contribution in [2.75, 3.05) is 11.1 Å². The van der Waals surface area contributed by atoms with Gasteiger partial charge >= 0.3 is 0 Å². The fourth-order valence-corrected chi connectivity index (χ4v) is 4.45. The Labute approximate surface area is 148 Å². The van der Waals surface area contributed by atoms with Crippen LogP contribution in [0.2, 0.25) is 0 Å². The molecule has 25 heavy (non-hydrogen) atoms. The van der Waals surface area contributed by atoms with Crippen molar-refractivity contribution in [3.8, 4) is 0 Å². The lowest BCUT2D eigenvalue weighted by atomic mass is 10.0. The van der Waals surface area contributed by atoms with Crippen molar-refractivity contribution in [2.24, 2.45) is 0 Å². The largest absolute Gasteiger partial charge is 0.309 e. The zero-order valence-corrected chi connectivity index (χ0v) is 15.1. The quantitative estimate of drug-likeness (QED) is 0.827. The summed E-state index contributed by atoms with van der Waals surface area (Å²) < 4.78 is 24.3. The number of anilines is 1. The lowest BCUT2D eigenvalue weighted by Crippen LogP contribution is -2.17. The van der Waals surface area contributed by atoms with Crippen LogP contribution in [0.15, 0.2) is 35.2 Å². The zero-order chi connectivity index (χ0) is 17.9. The number of hydrogen-bond donors (Lipinski definition) is 2. The van der Waals surface area contributed by atoms with Gasteiger partial charge in [-0.2, -0.15) is 5.10 Å². The van der Waals surface area contributed by atoms with Gasteiger partial charge in [0.15, 0.2) is 15.7 Å². The number of H-pyrrole nitrogens is 1. The van der Waals surface area contributed by atoms with Gasteiger partial charge in [-0.25, -0.2) is 8.42 Å². The van der Waals surface area contributed by atoms with Gasteiger partial charge in [0.2, 0.25) is 5.91 Å². The molecule has 1 aliphatic rings. The standard InChI is InChI=1S/C18H23N3O3S/c1-2-25(23,24)16-10-6-5-9-14(16)11-18(22)19-17-12-15(20-21-17)13-7-3-4-8-13/h5-6,9-10,12-13H,2-4,7-8,11H2,1H3,(H2,19,20,21,22). The normalized spacial score (nSPS) is 15.4. The molecule has 0 aliphatic heterocycles. The van der Waals surface area contributed by atoms with Crippen LogP contribution in [0.1, 0.15) is 49.8 Å². The first-order valence-electron chi connectivity index (χ1n) is 8.65. The van der Waals surface area contributed by atoms with Crippen LogP contribution < -0.4 is 5.32 Å². The molecule has 1 aromatic heterocycles. The average Bonchev–Trinajstić information content (AvgIpc) is 3.26. The first kappa shape index (κ1) is 17.7. The molecule has 6 nitrogen and oxygen atoms in total. The Balaban J connectivity index is 1.69. The van der Waals surface area contributed by atoms with Gasteiger partial charge in [-0.1, -0.05) is 38.0 Å². The number of benzene rings is 1. The fraction of sp³-hybridized carbons (Fsp3) is 0.444. The minimum absolute atomic E-state index is 0.00102. The van der Waals surface area contributed by atoms with E-state index in [-0.39, 0.29) is 23.0 Å². The molecule has 7 heteroatoms. The van der Waals surface area contributed by atoms with Gasteiger partial charge in [0, 0.05) is 17.7 Å². The van der Waals surface area contributed by atoms with Crippen molar-refractivity contribution >= 4 is 21.6 Å². The molecule has 1 aromatic carbocycles. The second-order valence-corrected chi connectivity index (χ2v) is 8.67. The third-order valence-electron chi connectivity index (χ3n) is 4.70. The van der Waals surface area contributed by atoms with Gasteiger partial charge < -0.3 is 5.32 Å². The van der Waals surface area contributed by atoms with Crippen LogP contribution in [0.5, 0.6) is 0 Å². The summed E-state index contributed by atoms with van der Waals surface area (Å²) in [5, 5.41) is 9.91. The highest BCUT2D eigenvalue weighted by Crippen LogP contribution is 2.33. The highest BCUT2D eigenvalue weighted by atomic mass is 32.2. The smallest absolute Gasteiger partial charge is 0.230 e. The molecule has 0 atom stereocenters. The summed E-state index contributed by atoms with van der Waals surface area (Å²) in [7, 11) is -3.36. The number of nitrogens with one attached hydrogen (secondary N) is 2. The average molecular weight is 361 g/mol. The molecule has 1 heterocycles. The Bertz CT molecular complexity index is 852. The van der Waals surface area contributed by atoms with Crippen LogP contribution >= 0.6 is 0 Å². The van der Waals surface area contributed by atoms with Crippen LogP contribution in [0.25, 0.3) is 0 Å². The molecule has 0 unspecified atom stereocenters. The number of rotatable bonds is 6. The van der Waals surface area contributed by atoms with E-state index in [9.17, 15) is 13.2 Å². The van der Waals surface area contributed by atoms with Crippen molar-refractivity contribution < 1.29 is 13.2 Å². The number of carbonyl (C=O) groups is 1. The van der Waals surface area contributed by atoms with E-state index in [0.717, 1.165) is 18.5 Å². The maximum absolute atomic E-state index is 12.3. The summed E-state index contributed by atoms with van der Waals surface area (Å²) >= 11 is 0. The second kappa shape index (κ2) is 7.39. The third kappa shape index (κ3) is 4.10. The predicted molar refractivity (Wildman–Crippen MR) is 96.3 cm³/mol. The number of nitrogens with zero attached hydrogens (tertiary/aromatic N) is 1. The number of sulfone groups is 1. The van der Waals surface area contributed by atoms with E-state index < -0.39 is 9.84 Å². The SMILES string of the molecule is CCS(=O)(=O)c1ccccc1CC(=O)Nc1cc(C2CCCC2)[nH]n1. The first-order chi connectivity index (χ1) is 12.0. The second-order valence-electron chi connectivity index (χ2n) is 6.43. The van der Waals surface area contributed by atoms with Gasteiger partial charge in [0.05, 0.1) is 17.1 Å². The number of aromatic nitrogens is 2. The Morgan fingerprint density at radius 1 is 1.28 bits per heavy atom. The Hall–Kier alpha value is -2.15. The molecule has 1 fully saturated rings. The molecule has 134 valence electrons.